The zero-order valence-corrected chi connectivity index (χ0v) is 17.4. The lowest BCUT2D eigenvalue weighted by molar-refractivity contribution is 0.590. The molecule has 24 heavy (non-hydrogen) atoms. The number of fused-ring (bicyclic) bond motifs is 1. The van der Waals surface area contributed by atoms with Gasteiger partial charge in [0, 0.05) is 26.7 Å². The minimum atomic E-state index is -3.31. The van der Waals surface area contributed by atoms with Crippen LogP contribution in [0.4, 0.5) is 5.69 Å². The zero-order valence-electron chi connectivity index (χ0n) is 14.3. The highest BCUT2D eigenvalue weighted by Gasteiger charge is 2.28. The molecule has 0 amide bonds. The van der Waals surface area contributed by atoms with E-state index in [1.54, 1.807) is 7.05 Å². The molecule has 1 aliphatic heterocycles. The standard InChI is InChI=1S/C16H26N4O2S.HI/c1-3-4-10-18-16(17-2)19-11-13-23(21,22)20-12-9-14-7-5-6-8-15(14)20;/h5-8H,3-4,9-13H2,1-2H3,(H2,17,18,19);1H. The summed E-state index contributed by atoms with van der Waals surface area (Å²) >= 11 is 0. The average molecular weight is 466 g/mol. The Hall–Kier alpha value is -1.03. The fourth-order valence-corrected chi connectivity index (χ4v) is 4.04. The van der Waals surface area contributed by atoms with Crippen LogP contribution < -0.4 is 14.9 Å². The molecule has 2 N–H and O–H groups in total. The molecule has 6 nitrogen and oxygen atoms in total. The van der Waals surface area contributed by atoms with Crippen LogP contribution in [0.3, 0.4) is 0 Å². The van der Waals surface area contributed by atoms with Gasteiger partial charge in [-0.1, -0.05) is 31.5 Å². The van der Waals surface area contributed by atoms with Crippen LogP contribution in [-0.4, -0.2) is 46.8 Å². The lowest BCUT2D eigenvalue weighted by Crippen LogP contribution is -2.42. The molecular weight excluding hydrogens is 439 g/mol. The molecule has 1 heterocycles. The monoisotopic (exact) mass is 466 g/mol. The molecule has 0 radical (unpaired) electrons. The van der Waals surface area contributed by atoms with E-state index in [1.165, 1.54) is 4.31 Å². The van der Waals surface area contributed by atoms with E-state index in [0.717, 1.165) is 37.1 Å². The van der Waals surface area contributed by atoms with Gasteiger partial charge in [0.15, 0.2) is 5.96 Å². The highest BCUT2D eigenvalue weighted by atomic mass is 127. The van der Waals surface area contributed by atoms with Crippen LogP contribution in [0, 0.1) is 0 Å². The second kappa shape index (κ2) is 10.1. The van der Waals surface area contributed by atoms with E-state index in [1.807, 2.05) is 24.3 Å². The number of guanidine groups is 1. The Balaban J connectivity index is 0.00000288. The lowest BCUT2D eigenvalue weighted by atomic mass is 10.2. The Kier molecular flexibility index (Phi) is 8.82. The van der Waals surface area contributed by atoms with Crippen molar-refractivity contribution in [2.24, 2.45) is 4.99 Å². The van der Waals surface area contributed by atoms with Gasteiger partial charge in [0.05, 0.1) is 11.4 Å². The van der Waals surface area contributed by atoms with Crippen LogP contribution in [0.25, 0.3) is 0 Å². The molecule has 1 aromatic carbocycles. The molecule has 1 aliphatic rings. The van der Waals surface area contributed by atoms with Crippen LogP contribution in [0.15, 0.2) is 29.3 Å². The quantitative estimate of drug-likeness (QED) is 0.279. The molecule has 0 unspecified atom stereocenters. The third-order valence-corrected chi connectivity index (χ3v) is 5.65. The van der Waals surface area contributed by atoms with Crippen LogP contribution in [0.2, 0.25) is 0 Å². The summed E-state index contributed by atoms with van der Waals surface area (Å²) in [5, 5.41) is 6.24. The van der Waals surface area contributed by atoms with Crippen molar-refractivity contribution in [3.8, 4) is 0 Å². The average Bonchev–Trinajstić information content (AvgIpc) is 2.98. The molecule has 0 spiro atoms. The largest absolute Gasteiger partial charge is 0.356 e. The number of sulfonamides is 1. The number of nitrogens with one attached hydrogen (secondary N) is 2. The van der Waals surface area contributed by atoms with Gasteiger partial charge in [-0.25, -0.2) is 8.42 Å². The Morgan fingerprint density at radius 1 is 1.25 bits per heavy atom. The van der Waals surface area contributed by atoms with E-state index >= 15 is 0 Å². The first-order valence-corrected chi connectivity index (χ1v) is 9.72. The summed E-state index contributed by atoms with van der Waals surface area (Å²) in [4.78, 5) is 4.10. The molecule has 1 aromatic rings. The summed E-state index contributed by atoms with van der Waals surface area (Å²) in [6, 6.07) is 7.69. The second-order valence-electron chi connectivity index (χ2n) is 5.55. The van der Waals surface area contributed by atoms with Gasteiger partial charge in [-0.05, 0) is 24.5 Å². The Morgan fingerprint density at radius 3 is 2.67 bits per heavy atom. The minimum Gasteiger partial charge on any atom is -0.356 e. The molecule has 136 valence electrons. The van der Waals surface area contributed by atoms with E-state index in [0.29, 0.717) is 19.0 Å². The van der Waals surface area contributed by atoms with E-state index in [9.17, 15) is 8.42 Å². The van der Waals surface area contributed by atoms with E-state index in [2.05, 4.69) is 22.5 Å². The van der Waals surface area contributed by atoms with Gasteiger partial charge >= 0.3 is 0 Å². The molecule has 0 aliphatic carbocycles. The number of anilines is 1. The van der Waals surface area contributed by atoms with Crippen molar-refractivity contribution in [2.45, 2.75) is 26.2 Å². The zero-order chi connectivity index (χ0) is 16.7. The summed E-state index contributed by atoms with van der Waals surface area (Å²) in [6.07, 6.45) is 2.94. The number of benzene rings is 1. The highest BCUT2D eigenvalue weighted by molar-refractivity contribution is 14.0. The fraction of sp³-hybridized carbons (Fsp3) is 0.562. The van der Waals surface area contributed by atoms with Crippen molar-refractivity contribution in [1.29, 1.82) is 0 Å². The predicted octanol–water partition coefficient (Wildman–Crippen LogP) is 1.96. The molecule has 2 rings (SSSR count). The van der Waals surface area contributed by atoms with E-state index in [-0.39, 0.29) is 29.7 Å². The van der Waals surface area contributed by atoms with Gasteiger partial charge in [0.2, 0.25) is 10.0 Å². The predicted molar refractivity (Wildman–Crippen MR) is 111 cm³/mol. The fourth-order valence-electron chi connectivity index (χ4n) is 2.61. The molecule has 0 fully saturated rings. The normalized spacial score (nSPS) is 14.1. The maximum Gasteiger partial charge on any atom is 0.236 e. The van der Waals surface area contributed by atoms with Crippen molar-refractivity contribution < 1.29 is 8.42 Å². The van der Waals surface area contributed by atoms with Crippen LogP contribution >= 0.6 is 24.0 Å². The first kappa shape index (κ1) is 21.0. The third-order valence-electron chi connectivity index (χ3n) is 3.88. The van der Waals surface area contributed by atoms with Gasteiger partial charge in [0.1, 0.15) is 0 Å². The first-order valence-electron chi connectivity index (χ1n) is 8.11. The summed E-state index contributed by atoms with van der Waals surface area (Å²) < 4.78 is 26.6. The maximum absolute atomic E-state index is 12.6. The van der Waals surface area contributed by atoms with Crippen LogP contribution in [0.1, 0.15) is 25.3 Å². The number of aliphatic imine (C=N–C) groups is 1. The third kappa shape index (κ3) is 5.51. The van der Waals surface area contributed by atoms with Gasteiger partial charge in [-0.2, -0.15) is 0 Å². The maximum atomic E-state index is 12.6. The van der Waals surface area contributed by atoms with Crippen LogP contribution in [0.5, 0.6) is 0 Å². The van der Waals surface area contributed by atoms with E-state index < -0.39 is 10.0 Å². The summed E-state index contributed by atoms with van der Waals surface area (Å²) in [5.74, 6) is 0.700. The van der Waals surface area contributed by atoms with Crippen LogP contribution in [-0.2, 0) is 16.4 Å². The van der Waals surface area contributed by atoms with Crippen molar-refractivity contribution in [1.82, 2.24) is 10.6 Å². The molecule has 0 bridgehead atoms. The summed E-state index contributed by atoms with van der Waals surface area (Å²) in [7, 11) is -1.63. The van der Waals surface area contributed by atoms with Crippen molar-refractivity contribution in [3.63, 3.8) is 0 Å². The molecule has 0 saturated heterocycles. The summed E-state index contributed by atoms with van der Waals surface area (Å²) in [6.45, 7) is 3.83. The molecular formula is C16H27IN4O2S. The highest BCUT2D eigenvalue weighted by Crippen LogP contribution is 2.29. The number of unbranched alkanes of at least 4 members (excludes halogenated alkanes) is 1. The topological polar surface area (TPSA) is 73.8 Å². The van der Waals surface area contributed by atoms with Crippen molar-refractivity contribution in [3.05, 3.63) is 29.8 Å². The number of halogens is 1. The number of hydrogen-bond acceptors (Lipinski definition) is 3. The summed E-state index contributed by atoms with van der Waals surface area (Å²) in [5.41, 5.74) is 1.92. The van der Waals surface area contributed by atoms with Gasteiger partial charge in [-0.15, -0.1) is 24.0 Å². The Morgan fingerprint density at radius 2 is 1.96 bits per heavy atom. The minimum absolute atomic E-state index is 0. The smallest absolute Gasteiger partial charge is 0.236 e. The van der Waals surface area contributed by atoms with Gasteiger partial charge in [-0.3, -0.25) is 9.30 Å². The molecule has 0 aromatic heterocycles. The molecule has 8 heteroatoms. The first-order chi connectivity index (χ1) is 11.1. The number of rotatable bonds is 7. The second-order valence-corrected chi connectivity index (χ2v) is 7.56. The Bertz CT molecular complexity index is 649. The van der Waals surface area contributed by atoms with Crippen molar-refractivity contribution in [2.75, 3.05) is 36.7 Å². The molecule has 0 atom stereocenters. The SMILES string of the molecule is CCCCNC(=NC)NCCS(=O)(=O)N1CCc2ccccc21.I. The van der Waals surface area contributed by atoms with Gasteiger partial charge < -0.3 is 10.6 Å². The Labute approximate surface area is 162 Å². The molecule has 0 saturated carbocycles. The van der Waals surface area contributed by atoms with E-state index in [4.69, 9.17) is 0 Å². The number of hydrogen-bond donors (Lipinski definition) is 2. The number of nitrogens with zero attached hydrogens (tertiary/aromatic N) is 2. The van der Waals surface area contributed by atoms with Crippen molar-refractivity contribution >= 4 is 45.6 Å². The lowest BCUT2D eigenvalue weighted by Gasteiger charge is -2.20. The number of para-hydroxylation sites is 1. The van der Waals surface area contributed by atoms with Gasteiger partial charge in [0.25, 0.3) is 0 Å².